The molecule has 0 atom stereocenters. The number of amides is 1. The molecule has 1 amide bonds. The molecule has 0 aliphatic heterocycles. The minimum atomic E-state index is -0.616. The van der Waals surface area contributed by atoms with Gasteiger partial charge >= 0.3 is 0 Å². The van der Waals surface area contributed by atoms with E-state index in [0.29, 0.717) is 38.1 Å². The monoisotopic (exact) mass is 418 g/mol. The van der Waals surface area contributed by atoms with Crippen LogP contribution in [0.3, 0.4) is 0 Å². The van der Waals surface area contributed by atoms with Crippen LogP contribution in [-0.4, -0.2) is 20.7 Å². The number of fused-ring (bicyclic) bond motifs is 2. The third-order valence-electron chi connectivity index (χ3n) is 4.00. The third-order valence-corrected chi connectivity index (χ3v) is 5.41. The molecule has 136 valence electrons. The van der Waals surface area contributed by atoms with Gasteiger partial charge in [-0.15, -0.1) is 0 Å². The standard InChI is InChI=1S/C18H12Cl2N4O2S/c1-2-24-13-6-4-9(19)7-11(13)16(25)15(23-24)17(26)22-18-21-12-5-3-10(20)8-14(12)27-18/h3-8H,2H2,1H3,(H,21,22,26). The zero-order chi connectivity index (χ0) is 19.1. The number of anilines is 1. The van der Waals surface area contributed by atoms with Crippen LogP contribution in [-0.2, 0) is 6.54 Å². The highest BCUT2D eigenvalue weighted by Gasteiger charge is 2.19. The minimum absolute atomic E-state index is 0.205. The number of rotatable bonds is 3. The molecule has 0 radical (unpaired) electrons. The number of carbonyl (C=O) groups is 1. The highest BCUT2D eigenvalue weighted by molar-refractivity contribution is 7.22. The molecule has 2 heterocycles. The maximum Gasteiger partial charge on any atom is 0.281 e. The number of benzene rings is 2. The molecular formula is C18H12Cl2N4O2S. The van der Waals surface area contributed by atoms with Crippen LogP contribution in [0.15, 0.2) is 41.2 Å². The van der Waals surface area contributed by atoms with Crippen molar-refractivity contribution in [3.63, 3.8) is 0 Å². The molecule has 0 aliphatic rings. The summed E-state index contributed by atoms with van der Waals surface area (Å²) in [6.45, 7) is 2.38. The average Bonchev–Trinajstić information content (AvgIpc) is 3.03. The van der Waals surface area contributed by atoms with Crippen LogP contribution in [0.1, 0.15) is 17.4 Å². The largest absolute Gasteiger partial charge is 0.296 e. The van der Waals surface area contributed by atoms with Gasteiger partial charge in [-0.25, -0.2) is 4.98 Å². The molecule has 0 fully saturated rings. The first kappa shape index (κ1) is 17.9. The van der Waals surface area contributed by atoms with E-state index in [1.54, 1.807) is 41.1 Å². The first-order valence-electron chi connectivity index (χ1n) is 8.04. The lowest BCUT2D eigenvalue weighted by Gasteiger charge is -2.10. The van der Waals surface area contributed by atoms with Crippen LogP contribution in [0.2, 0.25) is 10.0 Å². The van der Waals surface area contributed by atoms with Crippen LogP contribution in [0.25, 0.3) is 21.1 Å². The molecule has 0 saturated heterocycles. The Hall–Kier alpha value is -2.48. The maximum atomic E-state index is 12.8. The Kier molecular flexibility index (Phi) is 4.59. The van der Waals surface area contributed by atoms with Crippen LogP contribution in [0.5, 0.6) is 0 Å². The van der Waals surface area contributed by atoms with Crippen molar-refractivity contribution < 1.29 is 4.79 Å². The summed E-state index contributed by atoms with van der Waals surface area (Å²) in [6.07, 6.45) is 0. The van der Waals surface area contributed by atoms with E-state index < -0.39 is 11.3 Å². The Bertz CT molecular complexity index is 1270. The van der Waals surface area contributed by atoms with E-state index >= 15 is 0 Å². The number of thiazole rings is 1. The number of carbonyl (C=O) groups excluding carboxylic acids is 1. The number of nitrogens with zero attached hydrogens (tertiary/aromatic N) is 3. The van der Waals surface area contributed by atoms with Gasteiger partial charge in [0.15, 0.2) is 10.8 Å². The normalized spacial score (nSPS) is 11.2. The fourth-order valence-electron chi connectivity index (χ4n) is 2.76. The van der Waals surface area contributed by atoms with E-state index in [1.807, 2.05) is 6.92 Å². The topological polar surface area (TPSA) is 76.9 Å². The van der Waals surface area contributed by atoms with Crippen molar-refractivity contribution in [3.05, 3.63) is 62.4 Å². The summed E-state index contributed by atoms with van der Waals surface area (Å²) in [5.74, 6) is -0.616. The Morgan fingerprint density at radius 3 is 2.70 bits per heavy atom. The summed E-state index contributed by atoms with van der Waals surface area (Å²) in [4.78, 5) is 29.8. The van der Waals surface area contributed by atoms with Crippen LogP contribution >= 0.6 is 34.5 Å². The number of hydrogen-bond donors (Lipinski definition) is 1. The lowest BCUT2D eigenvalue weighted by molar-refractivity contribution is 0.101. The first-order valence-corrected chi connectivity index (χ1v) is 9.61. The van der Waals surface area contributed by atoms with Gasteiger partial charge in [0.1, 0.15) is 0 Å². The third kappa shape index (κ3) is 3.29. The molecule has 27 heavy (non-hydrogen) atoms. The molecule has 1 N–H and O–H groups in total. The van der Waals surface area contributed by atoms with E-state index in [0.717, 1.165) is 4.70 Å². The van der Waals surface area contributed by atoms with Crippen LogP contribution < -0.4 is 10.7 Å². The van der Waals surface area contributed by atoms with Gasteiger partial charge in [-0.05, 0) is 43.3 Å². The summed E-state index contributed by atoms with van der Waals surface area (Å²) in [7, 11) is 0. The number of nitrogens with one attached hydrogen (secondary N) is 1. The van der Waals surface area contributed by atoms with Gasteiger partial charge in [0.25, 0.3) is 5.91 Å². The van der Waals surface area contributed by atoms with E-state index in [-0.39, 0.29) is 5.69 Å². The van der Waals surface area contributed by atoms with Crippen molar-refractivity contribution in [2.24, 2.45) is 0 Å². The molecular weight excluding hydrogens is 407 g/mol. The second-order valence-corrected chi connectivity index (χ2v) is 7.64. The first-order chi connectivity index (χ1) is 13.0. The van der Waals surface area contributed by atoms with Crippen LogP contribution in [0, 0.1) is 0 Å². The Balaban J connectivity index is 1.77. The van der Waals surface area contributed by atoms with Crippen molar-refractivity contribution >= 4 is 66.7 Å². The SMILES string of the molecule is CCn1nc(C(=O)Nc2nc3ccc(Cl)cc3s2)c(=O)c2cc(Cl)ccc21. The van der Waals surface area contributed by atoms with E-state index in [4.69, 9.17) is 23.2 Å². The quantitative estimate of drug-likeness (QED) is 0.527. The van der Waals surface area contributed by atoms with Gasteiger partial charge in [-0.1, -0.05) is 34.5 Å². The Morgan fingerprint density at radius 1 is 1.19 bits per heavy atom. The molecule has 2 aromatic carbocycles. The molecule has 9 heteroatoms. The molecule has 4 aromatic rings. The number of halogens is 2. The summed E-state index contributed by atoms with van der Waals surface area (Å²) >= 11 is 13.3. The van der Waals surface area contributed by atoms with Gasteiger partial charge in [0.05, 0.1) is 21.1 Å². The molecule has 2 aromatic heterocycles. The molecule has 0 aliphatic carbocycles. The van der Waals surface area contributed by atoms with Gasteiger partial charge < -0.3 is 0 Å². The number of aryl methyl sites for hydroxylation is 1. The van der Waals surface area contributed by atoms with Crippen LogP contribution in [0.4, 0.5) is 5.13 Å². The van der Waals surface area contributed by atoms with Crippen molar-refractivity contribution in [3.8, 4) is 0 Å². The summed E-state index contributed by atoms with van der Waals surface area (Å²) in [5.41, 5.74) is 0.657. The molecule has 0 spiro atoms. The highest BCUT2D eigenvalue weighted by Crippen LogP contribution is 2.28. The Labute approximate surface area is 167 Å². The van der Waals surface area contributed by atoms with Crippen molar-refractivity contribution in [2.75, 3.05) is 5.32 Å². The van der Waals surface area contributed by atoms with Gasteiger partial charge in [0.2, 0.25) is 5.43 Å². The van der Waals surface area contributed by atoms with Gasteiger partial charge in [-0.3, -0.25) is 19.6 Å². The van der Waals surface area contributed by atoms with E-state index in [9.17, 15) is 9.59 Å². The van der Waals surface area contributed by atoms with Gasteiger partial charge in [0, 0.05) is 16.6 Å². The molecule has 4 rings (SSSR count). The van der Waals surface area contributed by atoms with Crippen molar-refractivity contribution in [1.29, 1.82) is 0 Å². The zero-order valence-electron chi connectivity index (χ0n) is 14.0. The average molecular weight is 419 g/mol. The number of aromatic nitrogens is 3. The second kappa shape index (κ2) is 6.92. The lowest BCUT2D eigenvalue weighted by Crippen LogP contribution is -2.27. The predicted molar refractivity (Wildman–Crippen MR) is 109 cm³/mol. The van der Waals surface area contributed by atoms with Gasteiger partial charge in [-0.2, -0.15) is 5.10 Å². The zero-order valence-corrected chi connectivity index (χ0v) is 16.3. The molecule has 0 bridgehead atoms. The van der Waals surface area contributed by atoms with Crippen molar-refractivity contribution in [2.45, 2.75) is 13.5 Å². The smallest absolute Gasteiger partial charge is 0.281 e. The van der Waals surface area contributed by atoms with E-state index in [1.165, 1.54) is 11.3 Å². The fraction of sp³-hybridized carbons (Fsp3) is 0.111. The number of hydrogen-bond acceptors (Lipinski definition) is 5. The minimum Gasteiger partial charge on any atom is -0.296 e. The molecule has 0 saturated carbocycles. The summed E-state index contributed by atoms with van der Waals surface area (Å²) in [6, 6.07) is 10.2. The predicted octanol–water partition coefficient (Wildman–Crippen LogP) is 4.59. The highest BCUT2D eigenvalue weighted by atomic mass is 35.5. The second-order valence-electron chi connectivity index (χ2n) is 5.74. The molecule has 0 unspecified atom stereocenters. The summed E-state index contributed by atoms with van der Waals surface area (Å²) in [5, 5.41) is 8.59. The Morgan fingerprint density at radius 2 is 1.93 bits per heavy atom. The lowest BCUT2D eigenvalue weighted by atomic mass is 10.2. The van der Waals surface area contributed by atoms with E-state index in [2.05, 4.69) is 15.4 Å². The maximum absolute atomic E-state index is 12.8. The molecule has 6 nitrogen and oxygen atoms in total. The van der Waals surface area contributed by atoms with Crippen molar-refractivity contribution in [1.82, 2.24) is 14.8 Å². The fourth-order valence-corrected chi connectivity index (χ4v) is 4.07. The summed E-state index contributed by atoms with van der Waals surface area (Å²) < 4.78 is 2.43.